The highest BCUT2D eigenvalue weighted by molar-refractivity contribution is 7.89. The highest BCUT2D eigenvalue weighted by atomic mass is 35.5. The summed E-state index contributed by atoms with van der Waals surface area (Å²) >= 11 is 5.84. The third-order valence-electron chi connectivity index (χ3n) is 5.13. The number of carbonyl (C=O) groups is 1. The lowest BCUT2D eigenvalue weighted by atomic mass is 10.1. The van der Waals surface area contributed by atoms with E-state index >= 15 is 0 Å². The molecule has 0 aliphatic carbocycles. The van der Waals surface area contributed by atoms with Crippen molar-refractivity contribution in [2.45, 2.75) is 11.3 Å². The number of ether oxygens (including phenoxy) is 1. The molecule has 2 aromatic rings. The van der Waals surface area contributed by atoms with Gasteiger partial charge in [-0.15, -0.1) is 0 Å². The maximum absolute atomic E-state index is 12.7. The van der Waals surface area contributed by atoms with E-state index in [0.29, 0.717) is 24.7 Å². The standard InChI is InChI=1S/C21H21ClN2O4S/c22-18-3-5-19(6-4-18)29(26,27)24-12-10-23(11-13-24)21(25)8-2-16-1-7-20-17(15-16)9-14-28-20/h1-8,15H,9-14H2/b8-2+. The molecule has 0 bridgehead atoms. The van der Waals surface area contributed by atoms with Gasteiger partial charge in [0.2, 0.25) is 15.9 Å². The van der Waals surface area contributed by atoms with Gasteiger partial charge in [-0.2, -0.15) is 4.31 Å². The van der Waals surface area contributed by atoms with E-state index in [1.54, 1.807) is 29.2 Å². The Balaban J connectivity index is 1.36. The summed E-state index contributed by atoms with van der Waals surface area (Å²) in [7, 11) is -3.58. The van der Waals surface area contributed by atoms with Crippen molar-refractivity contribution in [2.75, 3.05) is 32.8 Å². The SMILES string of the molecule is O=C(/C=C/c1ccc2c(c1)CCO2)N1CCN(S(=O)(=O)c2ccc(Cl)cc2)CC1. The molecule has 2 aromatic carbocycles. The predicted molar refractivity (Wildman–Crippen MR) is 111 cm³/mol. The molecule has 0 N–H and O–H groups in total. The predicted octanol–water partition coefficient (Wildman–Crippen LogP) is 2.82. The van der Waals surface area contributed by atoms with Gasteiger partial charge in [-0.25, -0.2) is 8.42 Å². The third kappa shape index (κ3) is 4.32. The number of nitrogens with zero attached hydrogens (tertiary/aromatic N) is 2. The van der Waals surface area contributed by atoms with Crippen molar-refractivity contribution in [2.24, 2.45) is 0 Å². The van der Waals surface area contributed by atoms with E-state index in [0.717, 1.165) is 23.3 Å². The first-order valence-corrected chi connectivity index (χ1v) is 11.2. The van der Waals surface area contributed by atoms with Crippen molar-refractivity contribution < 1.29 is 17.9 Å². The number of sulfonamides is 1. The average Bonchev–Trinajstić information content (AvgIpc) is 3.20. The molecule has 0 atom stereocenters. The van der Waals surface area contributed by atoms with Gasteiger partial charge in [0.15, 0.2) is 0 Å². The topological polar surface area (TPSA) is 66.9 Å². The molecule has 6 nitrogen and oxygen atoms in total. The molecule has 0 unspecified atom stereocenters. The second-order valence-electron chi connectivity index (χ2n) is 6.98. The van der Waals surface area contributed by atoms with Gasteiger partial charge in [-0.05, 0) is 53.6 Å². The lowest BCUT2D eigenvalue weighted by molar-refractivity contribution is -0.127. The second kappa shape index (κ2) is 8.18. The summed E-state index contributed by atoms with van der Waals surface area (Å²) in [6.07, 6.45) is 4.22. The van der Waals surface area contributed by atoms with Gasteiger partial charge in [0.1, 0.15) is 5.75 Å². The normalized spacial score (nSPS) is 17.3. The van der Waals surface area contributed by atoms with Crippen LogP contribution in [0, 0.1) is 0 Å². The van der Waals surface area contributed by atoms with Crippen LogP contribution in [0.5, 0.6) is 5.75 Å². The Morgan fingerprint density at radius 2 is 1.76 bits per heavy atom. The first kappa shape index (κ1) is 19.9. The summed E-state index contributed by atoms with van der Waals surface area (Å²) < 4.78 is 32.4. The molecular formula is C21H21ClN2O4S. The van der Waals surface area contributed by atoms with Gasteiger partial charge >= 0.3 is 0 Å². The molecule has 0 aromatic heterocycles. The fourth-order valence-corrected chi connectivity index (χ4v) is 5.04. The molecular weight excluding hydrogens is 412 g/mol. The maximum Gasteiger partial charge on any atom is 0.246 e. The number of carbonyl (C=O) groups excluding carboxylic acids is 1. The van der Waals surface area contributed by atoms with Crippen molar-refractivity contribution in [3.63, 3.8) is 0 Å². The van der Waals surface area contributed by atoms with Crippen LogP contribution >= 0.6 is 11.6 Å². The fourth-order valence-electron chi connectivity index (χ4n) is 3.49. The minimum Gasteiger partial charge on any atom is -0.493 e. The molecule has 4 rings (SSSR count). The molecule has 1 fully saturated rings. The maximum atomic E-state index is 12.7. The Morgan fingerprint density at radius 1 is 1.03 bits per heavy atom. The molecule has 1 amide bonds. The molecule has 1 saturated heterocycles. The van der Waals surface area contributed by atoms with Crippen LogP contribution < -0.4 is 4.74 Å². The van der Waals surface area contributed by atoms with Crippen LogP contribution in [0.25, 0.3) is 6.08 Å². The Hall–Kier alpha value is -2.35. The quantitative estimate of drug-likeness (QED) is 0.697. The van der Waals surface area contributed by atoms with Crippen LogP contribution in [-0.2, 0) is 21.2 Å². The Morgan fingerprint density at radius 3 is 2.48 bits per heavy atom. The monoisotopic (exact) mass is 432 g/mol. The summed E-state index contributed by atoms with van der Waals surface area (Å²) in [6, 6.07) is 12.0. The van der Waals surface area contributed by atoms with Crippen molar-refractivity contribution in [1.82, 2.24) is 9.21 Å². The molecule has 152 valence electrons. The molecule has 0 spiro atoms. The number of piperazine rings is 1. The van der Waals surface area contributed by atoms with Gasteiger partial charge in [0, 0.05) is 43.7 Å². The van der Waals surface area contributed by atoms with Crippen LogP contribution in [-0.4, -0.2) is 56.3 Å². The van der Waals surface area contributed by atoms with Crippen molar-refractivity contribution >= 4 is 33.6 Å². The minimum atomic E-state index is -3.58. The number of hydrogen-bond donors (Lipinski definition) is 0. The second-order valence-corrected chi connectivity index (χ2v) is 9.36. The van der Waals surface area contributed by atoms with Crippen LogP contribution in [0.15, 0.2) is 53.4 Å². The highest BCUT2D eigenvalue weighted by Gasteiger charge is 2.29. The fraction of sp³-hybridized carbons (Fsp3) is 0.286. The number of benzene rings is 2. The van der Waals surface area contributed by atoms with E-state index < -0.39 is 10.0 Å². The lowest BCUT2D eigenvalue weighted by Crippen LogP contribution is -2.50. The van der Waals surface area contributed by atoms with Crippen LogP contribution in [0.3, 0.4) is 0 Å². The van der Waals surface area contributed by atoms with E-state index in [1.165, 1.54) is 16.4 Å². The first-order chi connectivity index (χ1) is 13.9. The number of halogens is 1. The molecule has 2 aliphatic heterocycles. The van der Waals surface area contributed by atoms with Gasteiger partial charge in [0.05, 0.1) is 11.5 Å². The first-order valence-electron chi connectivity index (χ1n) is 9.42. The van der Waals surface area contributed by atoms with E-state index in [9.17, 15) is 13.2 Å². The summed E-state index contributed by atoms with van der Waals surface area (Å²) in [5.41, 5.74) is 2.10. The Labute approximate surface area is 175 Å². The average molecular weight is 433 g/mol. The zero-order chi connectivity index (χ0) is 20.4. The van der Waals surface area contributed by atoms with Crippen LogP contribution in [0.2, 0.25) is 5.02 Å². The van der Waals surface area contributed by atoms with E-state index in [1.807, 2.05) is 18.2 Å². The van der Waals surface area contributed by atoms with E-state index in [2.05, 4.69) is 0 Å². The smallest absolute Gasteiger partial charge is 0.246 e. The van der Waals surface area contributed by atoms with Gasteiger partial charge in [-0.3, -0.25) is 4.79 Å². The molecule has 29 heavy (non-hydrogen) atoms. The van der Waals surface area contributed by atoms with Gasteiger partial charge in [0.25, 0.3) is 0 Å². The zero-order valence-corrected chi connectivity index (χ0v) is 17.3. The van der Waals surface area contributed by atoms with Crippen molar-refractivity contribution in [3.8, 4) is 5.75 Å². The summed E-state index contributed by atoms with van der Waals surface area (Å²) in [4.78, 5) is 14.4. The largest absolute Gasteiger partial charge is 0.493 e. The molecule has 2 aliphatic rings. The van der Waals surface area contributed by atoms with E-state index in [4.69, 9.17) is 16.3 Å². The molecule has 2 heterocycles. The third-order valence-corrected chi connectivity index (χ3v) is 7.30. The Bertz CT molecular complexity index is 1040. The van der Waals surface area contributed by atoms with Gasteiger partial charge in [-0.1, -0.05) is 17.7 Å². The molecule has 0 saturated carbocycles. The Kier molecular flexibility index (Phi) is 5.63. The summed E-state index contributed by atoms with van der Waals surface area (Å²) in [5.74, 6) is 0.789. The summed E-state index contributed by atoms with van der Waals surface area (Å²) in [6.45, 7) is 1.94. The number of fused-ring (bicyclic) bond motifs is 1. The number of amides is 1. The van der Waals surface area contributed by atoms with E-state index in [-0.39, 0.29) is 23.9 Å². The molecule has 0 radical (unpaired) electrons. The number of rotatable bonds is 4. The lowest BCUT2D eigenvalue weighted by Gasteiger charge is -2.33. The molecule has 8 heteroatoms. The minimum absolute atomic E-state index is 0.120. The van der Waals surface area contributed by atoms with Crippen molar-refractivity contribution in [3.05, 3.63) is 64.7 Å². The number of hydrogen-bond acceptors (Lipinski definition) is 4. The summed E-state index contributed by atoms with van der Waals surface area (Å²) in [5, 5.41) is 0.488. The highest BCUT2D eigenvalue weighted by Crippen LogP contribution is 2.26. The van der Waals surface area contributed by atoms with Crippen LogP contribution in [0.1, 0.15) is 11.1 Å². The van der Waals surface area contributed by atoms with Crippen LogP contribution in [0.4, 0.5) is 0 Å². The zero-order valence-electron chi connectivity index (χ0n) is 15.8. The van der Waals surface area contributed by atoms with Crippen molar-refractivity contribution in [1.29, 1.82) is 0 Å². The van der Waals surface area contributed by atoms with Gasteiger partial charge < -0.3 is 9.64 Å².